The van der Waals surface area contributed by atoms with E-state index in [0.717, 1.165) is 30.4 Å². The summed E-state index contributed by atoms with van der Waals surface area (Å²) in [6.07, 6.45) is 37.5. The van der Waals surface area contributed by atoms with Gasteiger partial charge in [0.05, 0.1) is 0 Å². The highest BCUT2D eigenvalue weighted by atomic mass is 127. The Hall–Kier alpha value is -1.08. The van der Waals surface area contributed by atoms with Crippen LogP contribution in [0.15, 0.2) is 46.1 Å². The van der Waals surface area contributed by atoms with E-state index in [1.807, 2.05) is 6.08 Å². The first-order valence-corrected chi connectivity index (χ1v) is 16.4. The quantitative estimate of drug-likeness (QED) is 0.0311. The van der Waals surface area contributed by atoms with Crippen LogP contribution in [0.2, 0.25) is 0 Å². The largest absolute Gasteiger partial charge is 0.309 e. The van der Waals surface area contributed by atoms with Crippen LogP contribution >= 0.6 is 22.6 Å². The molecule has 0 aromatic rings. The molecule has 0 aromatic carbocycles. The molecule has 2 heteroatoms. The summed E-state index contributed by atoms with van der Waals surface area (Å²) in [7, 11) is 0. The number of nitrogens with one attached hydrogen (secondary N) is 1. The van der Waals surface area contributed by atoms with Crippen molar-refractivity contribution in [2.45, 2.75) is 148 Å². The zero-order chi connectivity index (χ0) is 27.6. The van der Waals surface area contributed by atoms with Gasteiger partial charge < -0.3 is 5.41 Å². The van der Waals surface area contributed by atoms with E-state index >= 15 is 0 Å². The van der Waals surface area contributed by atoms with Crippen LogP contribution in [-0.2, 0) is 0 Å². The van der Waals surface area contributed by atoms with Gasteiger partial charge in [0.25, 0.3) is 0 Å². The molecule has 0 heterocycles. The third-order valence-electron chi connectivity index (χ3n) is 7.50. The molecule has 0 aliphatic heterocycles. The van der Waals surface area contributed by atoms with Crippen LogP contribution in [0.3, 0.4) is 0 Å². The van der Waals surface area contributed by atoms with Crippen molar-refractivity contribution in [3.8, 4) is 12.3 Å². The lowest BCUT2D eigenvalue weighted by atomic mass is 9.91. The van der Waals surface area contributed by atoms with Crippen LogP contribution < -0.4 is 0 Å². The van der Waals surface area contributed by atoms with Crippen LogP contribution in [0.5, 0.6) is 0 Å². The molecule has 37 heavy (non-hydrogen) atoms. The first-order valence-electron chi connectivity index (χ1n) is 15.3. The highest BCUT2D eigenvalue weighted by Gasteiger charge is 2.13. The number of rotatable bonds is 27. The third-order valence-corrected chi connectivity index (χ3v) is 8.38. The van der Waals surface area contributed by atoms with Crippen LogP contribution in [0.25, 0.3) is 0 Å². The van der Waals surface area contributed by atoms with Gasteiger partial charge in [-0.3, -0.25) is 0 Å². The second-order valence-electron chi connectivity index (χ2n) is 10.9. The van der Waals surface area contributed by atoms with Gasteiger partial charge >= 0.3 is 0 Å². The van der Waals surface area contributed by atoms with Crippen molar-refractivity contribution in [3.05, 3.63) is 46.1 Å². The molecule has 0 aromatic heterocycles. The lowest BCUT2D eigenvalue weighted by Gasteiger charge is -2.18. The molecular formula is C35H58IN. The van der Waals surface area contributed by atoms with Crippen LogP contribution in [0.4, 0.5) is 0 Å². The second-order valence-corrected chi connectivity index (χ2v) is 12.3. The summed E-state index contributed by atoms with van der Waals surface area (Å²) < 4.78 is 1.29. The van der Waals surface area contributed by atoms with Crippen molar-refractivity contribution in [1.29, 1.82) is 5.41 Å². The predicted octanol–water partition coefficient (Wildman–Crippen LogP) is 12.5. The number of hydrogen-bond acceptors (Lipinski definition) is 1. The minimum Gasteiger partial charge on any atom is -0.309 e. The molecule has 1 nitrogen and oxygen atoms in total. The van der Waals surface area contributed by atoms with Gasteiger partial charge in [-0.25, -0.2) is 0 Å². The molecule has 210 valence electrons. The van der Waals surface area contributed by atoms with Gasteiger partial charge in [0.15, 0.2) is 0 Å². The van der Waals surface area contributed by atoms with Crippen LogP contribution in [-0.4, -0.2) is 6.21 Å². The molecule has 0 amide bonds. The Morgan fingerprint density at radius 3 is 1.65 bits per heavy atom. The first kappa shape index (κ1) is 35.9. The molecule has 0 saturated carbocycles. The van der Waals surface area contributed by atoms with Crippen molar-refractivity contribution in [1.82, 2.24) is 0 Å². The number of halogens is 1. The Kier molecular flexibility index (Phi) is 25.7. The molecule has 0 saturated heterocycles. The standard InChI is InChI=1S/C35H58IN/c1-6-8-9-24-27-35(33(5)36)30-34(28-29-37)26-23-21-19-17-15-13-11-10-12-14-16-18-20-22-25-32(4)31(3)7-2/h2,28-29,35,37H,3-6,8-27,30H2,1H3/b34-28+,37-29?/t35-/m1/s1. The third kappa shape index (κ3) is 22.6. The molecule has 0 aliphatic carbocycles. The maximum absolute atomic E-state index is 7.56. The van der Waals surface area contributed by atoms with E-state index in [-0.39, 0.29) is 0 Å². The number of hydrogen-bond donors (Lipinski definition) is 1. The van der Waals surface area contributed by atoms with E-state index in [1.165, 1.54) is 137 Å². The Labute approximate surface area is 245 Å². The summed E-state index contributed by atoms with van der Waals surface area (Å²) in [5.41, 5.74) is 3.25. The monoisotopic (exact) mass is 619 g/mol. The lowest BCUT2D eigenvalue weighted by Crippen LogP contribution is -2.03. The fourth-order valence-corrected chi connectivity index (χ4v) is 5.47. The van der Waals surface area contributed by atoms with Crippen molar-refractivity contribution < 1.29 is 0 Å². The number of unbranched alkanes of at least 4 members (excludes halogenated alkanes) is 16. The minimum atomic E-state index is 0.578. The summed E-state index contributed by atoms with van der Waals surface area (Å²) >= 11 is 2.42. The van der Waals surface area contributed by atoms with Crippen molar-refractivity contribution in [3.63, 3.8) is 0 Å². The topological polar surface area (TPSA) is 23.9 Å². The summed E-state index contributed by atoms with van der Waals surface area (Å²) in [5, 5.41) is 7.56. The highest BCUT2D eigenvalue weighted by Crippen LogP contribution is 2.30. The Morgan fingerprint density at radius 1 is 0.757 bits per heavy atom. The summed E-state index contributed by atoms with van der Waals surface area (Å²) in [5.74, 6) is 3.16. The zero-order valence-corrected chi connectivity index (χ0v) is 26.5. The molecular weight excluding hydrogens is 561 g/mol. The van der Waals surface area contributed by atoms with E-state index < -0.39 is 0 Å². The zero-order valence-electron chi connectivity index (χ0n) is 24.4. The Morgan fingerprint density at radius 2 is 1.22 bits per heavy atom. The van der Waals surface area contributed by atoms with Crippen molar-refractivity contribution in [2.24, 2.45) is 5.92 Å². The molecule has 0 radical (unpaired) electrons. The van der Waals surface area contributed by atoms with Gasteiger partial charge in [-0.05, 0) is 82.3 Å². The highest BCUT2D eigenvalue weighted by molar-refractivity contribution is 14.1. The lowest BCUT2D eigenvalue weighted by molar-refractivity contribution is 0.511. The van der Waals surface area contributed by atoms with Gasteiger partial charge in [-0.15, -0.1) is 6.42 Å². The molecule has 1 atom stereocenters. The van der Waals surface area contributed by atoms with Crippen molar-refractivity contribution in [2.75, 3.05) is 0 Å². The van der Waals surface area contributed by atoms with E-state index in [1.54, 1.807) is 0 Å². The molecule has 0 fully saturated rings. The normalized spacial score (nSPS) is 12.2. The van der Waals surface area contributed by atoms with Gasteiger partial charge in [-0.1, -0.05) is 141 Å². The van der Waals surface area contributed by atoms with Crippen LogP contribution in [0, 0.1) is 23.7 Å². The number of terminal acetylenes is 1. The van der Waals surface area contributed by atoms with Gasteiger partial charge in [0.1, 0.15) is 0 Å². The Balaban J connectivity index is 3.69. The van der Waals surface area contributed by atoms with Gasteiger partial charge in [0, 0.05) is 11.8 Å². The van der Waals surface area contributed by atoms with Crippen LogP contribution in [0.1, 0.15) is 148 Å². The van der Waals surface area contributed by atoms with E-state index in [2.05, 4.69) is 55.2 Å². The SMILES string of the molecule is C#CC(=C)C(=C)CCCCCCCCCCCCCCCC/C(=C\C=N)C[C@@H](CCCCCC)C(=C)I. The summed E-state index contributed by atoms with van der Waals surface area (Å²) in [4.78, 5) is 0. The maximum atomic E-state index is 7.56. The fraction of sp³-hybridized carbons (Fsp3) is 0.686. The maximum Gasteiger partial charge on any atom is 0.0196 e. The van der Waals surface area contributed by atoms with Crippen molar-refractivity contribution >= 4 is 28.8 Å². The average molecular weight is 620 g/mol. The van der Waals surface area contributed by atoms with Gasteiger partial charge in [-0.2, -0.15) is 0 Å². The molecule has 0 bridgehead atoms. The average Bonchev–Trinajstić information content (AvgIpc) is 2.89. The molecule has 1 N–H and O–H groups in total. The van der Waals surface area contributed by atoms with E-state index in [9.17, 15) is 0 Å². The molecule has 0 unspecified atom stereocenters. The second kappa shape index (κ2) is 26.5. The number of allylic oxidation sites excluding steroid dienone is 5. The van der Waals surface area contributed by atoms with E-state index in [0.29, 0.717) is 5.92 Å². The fourth-order valence-electron chi connectivity index (χ4n) is 4.94. The van der Waals surface area contributed by atoms with Gasteiger partial charge in [0.2, 0.25) is 0 Å². The van der Waals surface area contributed by atoms with E-state index in [4.69, 9.17) is 11.8 Å². The minimum absolute atomic E-state index is 0.578. The molecule has 0 rings (SSSR count). The summed E-state index contributed by atoms with van der Waals surface area (Å²) in [6.45, 7) is 14.4. The molecule has 0 spiro atoms. The summed E-state index contributed by atoms with van der Waals surface area (Å²) in [6, 6.07) is 0. The predicted molar refractivity (Wildman–Crippen MR) is 178 cm³/mol. The Bertz CT molecular complexity index is 693. The smallest absolute Gasteiger partial charge is 0.0196 e. The first-order chi connectivity index (χ1) is 18.0. The molecule has 0 aliphatic rings.